The summed E-state index contributed by atoms with van der Waals surface area (Å²) in [5.74, 6) is 0. The molecule has 0 aliphatic heterocycles. The Balaban J connectivity index is 3.70. The predicted octanol–water partition coefficient (Wildman–Crippen LogP) is 2.35. The lowest BCUT2D eigenvalue weighted by Gasteiger charge is -2.15. The van der Waals surface area contributed by atoms with Crippen molar-refractivity contribution in [3.8, 4) is 0 Å². The molecule has 0 aliphatic rings. The van der Waals surface area contributed by atoms with Crippen LogP contribution in [0.4, 0.5) is 0 Å². The normalized spacial score (nSPS) is 15.1. The average Bonchev–Trinajstić information content (AvgIpc) is 2.25. The summed E-state index contributed by atoms with van der Waals surface area (Å²) >= 11 is 0. The Morgan fingerprint density at radius 1 is 1.13 bits per heavy atom. The fourth-order valence-corrected chi connectivity index (χ4v) is 1.84. The molecule has 0 radical (unpaired) electrons. The Morgan fingerprint density at radius 3 is 2.20 bits per heavy atom. The van der Waals surface area contributed by atoms with Crippen LogP contribution in [0.1, 0.15) is 32.6 Å². The van der Waals surface area contributed by atoms with Gasteiger partial charge in [-0.05, 0) is 19.3 Å². The van der Waals surface area contributed by atoms with Crippen LogP contribution in [0, 0.1) is 0 Å². The third-order valence-electron chi connectivity index (χ3n) is 1.77. The first kappa shape index (κ1) is 15.1. The number of hydrogen-bond donors (Lipinski definition) is 1. The van der Waals surface area contributed by atoms with Gasteiger partial charge in [-0.1, -0.05) is 13.3 Å². The molecule has 1 N–H and O–H groups in total. The average molecular weight is 240 g/mol. The smallest absolute Gasteiger partial charge is 0.396 e. The second-order valence-corrected chi connectivity index (χ2v) is 4.86. The zero-order valence-electron chi connectivity index (χ0n) is 9.48. The van der Waals surface area contributed by atoms with E-state index < -0.39 is 7.82 Å². The zero-order chi connectivity index (χ0) is 11.6. The molecule has 92 valence electrons. The Kier molecular flexibility index (Phi) is 9.35. The molecule has 1 unspecified atom stereocenters. The van der Waals surface area contributed by atoms with Crippen molar-refractivity contribution in [1.82, 2.24) is 0 Å². The standard InChI is InChI=1S/C9H21O5P/c1-3-4-8-13-15(11,12-2)14-9-6-5-7-10/h10H,3-9H2,1-2H3. The van der Waals surface area contributed by atoms with E-state index in [1.54, 1.807) is 0 Å². The van der Waals surface area contributed by atoms with Gasteiger partial charge in [0.2, 0.25) is 0 Å². The molecule has 0 bridgehead atoms. The van der Waals surface area contributed by atoms with E-state index in [4.69, 9.17) is 18.7 Å². The van der Waals surface area contributed by atoms with E-state index in [-0.39, 0.29) is 13.2 Å². The topological polar surface area (TPSA) is 65.0 Å². The number of hydrogen-bond acceptors (Lipinski definition) is 5. The summed E-state index contributed by atoms with van der Waals surface area (Å²) in [6.07, 6.45) is 3.06. The van der Waals surface area contributed by atoms with Gasteiger partial charge >= 0.3 is 7.82 Å². The summed E-state index contributed by atoms with van der Waals surface area (Å²) in [4.78, 5) is 0. The highest BCUT2D eigenvalue weighted by molar-refractivity contribution is 7.48. The number of unbranched alkanes of at least 4 members (excludes halogenated alkanes) is 2. The van der Waals surface area contributed by atoms with Crippen LogP contribution in [-0.2, 0) is 18.1 Å². The van der Waals surface area contributed by atoms with Crippen molar-refractivity contribution in [2.75, 3.05) is 26.9 Å². The molecule has 0 aromatic heterocycles. The Bertz CT molecular complexity index is 185. The Labute approximate surface area is 91.3 Å². The quantitative estimate of drug-likeness (QED) is 0.469. The van der Waals surface area contributed by atoms with Gasteiger partial charge in [-0.2, -0.15) is 0 Å². The number of phosphoric ester groups is 1. The molecule has 0 aromatic rings. The summed E-state index contributed by atoms with van der Waals surface area (Å²) in [5.41, 5.74) is 0. The number of aliphatic hydroxyl groups is 1. The van der Waals surface area contributed by atoms with E-state index in [2.05, 4.69) is 0 Å². The summed E-state index contributed by atoms with van der Waals surface area (Å²) in [6, 6.07) is 0. The van der Waals surface area contributed by atoms with E-state index in [0.717, 1.165) is 12.8 Å². The van der Waals surface area contributed by atoms with Gasteiger partial charge in [0.05, 0.1) is 13.2 Å². The monoisotopic (exact) mass is 240 g/mol. The first-order valence-corrected chi connectivity index (χ1v) is 6.70. The van der Waals surface area contributed by atoms with Gasteiger partial charge in [0, 0.05) is 13.7 Å². The molecule has 0 rings (SSSR count). The van der Waals surface area contributed by atoms with Crippen LogP contribution >= 0.6 is 7.82 Å². The molecule has 6 heteroatoms. The van der Waals surface area contributed by atoms with Crippen LogP contribution in [0.5, 0.6) is 0 Å². The van der Waals surface area contributed by atoms with Crippen LogP contribution in [0.2, 0.25) is 0 Å². The van der Waals surface area contributed by atoms with E-state index in [1.807, 2.05) is 6.92 Å². The SMILES string of the molecule is CCCCOP(=O)(OC)OCCCCO. The summed E-state index contributed by atoms with van der Waals surface area (Å²) in [7, 11) is -2.05. The fourth-order valence-electron chi connectivity index (χ4n) is 0.854. The minimum absolute atomic E-state index is 0.108. The molecule has 0 heterocycles. The van der Waals surface area contributed by atoms with Gasteiger partial charge in [-0.15, -0.1) is 0 Å². The van der Waals surface area contributed by atoms with Gasteiger partial charge < -0.3 is 5.11 Å². The second kappa shape index (κ2) is 9.31. The molecule has 0 spiro atoms. The third-order valence-corrected chi connectivity index (χ3v) is 3.22. The first-order chi connectivity index (χ1) is 7.18. The fraction of sp³-hybridized carbons (Fsp3) is 1.00. The molecular weight excluding hydrogens is 219 g/mol. The second-order valence-electron chi connectivity index (χ2n) is 3.08. The van der Waals surface area contributed by atoms with Crippen molar-refractivity contribution in [2.45, 2.75) is 32.6 Å². The van der Waals surface area contributed by atoms with Crippen molar-refractivity contribution >= 4 is 7.82 Å². The van der Waals surface area contributed by atoms with E-state index >= 15 is 0 Å². The van der Waals surface area contributed by atoms with Crippen molar-refractivity contribution in [2.24, 2.45) is 0 Å². The molecule has 15 heavy (non-hydrogen) atoms. The molecule has 1 atom stereocenters. The minimum atomic E-state index is -3.35. The largest absolute Gasteiger partial charge is 0.474 e. The molecule has 5 nitrogen and oxygen atoms in total. The molecule has 0 amide bonds. The Morgan fingerprint density at radius 2 is 1.73 bits per heavy atom. The van der Waals surface area contributed by atoms with E-state index in [0.29, 0.717) is 19.4 Å². The van der Waals surface area contributed by atoms with Crippen molar-refractivity contribution in [1.29, 1.82) is 0 Å². The van der Waals surface area contributed by atoms with Gasteiger partial charge in [0.25, 0.3) is 0 Å². The van der Waals surface area contributed by atoms with Crippen molar-refractivity contribution < 1.29 is 23.2 Å². The van der Waals surface area contributed by atoms with Gasteiger partial charge in [-0.25, -0.2) is 4.57 Å². The lowest BCUT2D eigenvalue weighted by atomic mass is 10.3. The lowest BCUT2D eigenvalue weighted by molar-refractivity contribution is 0.126. The van der Waals surface area contributed by atoms with Gasteiger partial charge in [0.15, 0.2) is 0 Å². The van der Waals surface area contributed by atoms with E-state index in [9.17, 15) is 4.57 Å². The minimum Gasteiger partial charge on any atom is -0.396 e. The van der Waals surface area contributed by atoms with Crippen LogP contribution in [0.15, 0.2) is 0 Å². The van der Waals surface area contributed by atoms with Crippen LogP contribution in [0.3, 0.4) is 0 Å². The molecule has 0 aliphatic carbocycles. The third kappa shape index (κ3) is 7.94. The number of rotatable bonds is 10. The molecule has 0 saturated carbocycles. The number of aliphatic hydroxyl groups excluding tert-OH is 1. The lowest BCUT2D eigenvalue weighted by Crippen LogP contribution is -2.01. The highest BCUT2D eigenvalue weighted by Crippen LogP contribution is 2.48. The summed E-state index contributed by atoms with van der Waals surface area (Å²) in [6.45, 7) is 2.78. The zero-order valence-corrected chi connectivity index (χ0v) is 10.4. The predicted molar refractivity (Wildman–Crippen MR) is 57.7 cm³/mol. The highest BCUT2D eigenvalue weighted by Gasteiger charge is 2.23. The molecular formula is C9H21O5P. The highest BCUT2D eigenvalue weighted by atomic mass is 31.2. The van der Waals surface area contributed by atoms with Crippen LogP contribution < -0.4 is 0 Å². The summed E-state index contributed by atoms with van der Waals surface area (Å²) < 4.78 is 26.5. The molecule has 0 saturated heterocycles. The van der Waals surface area contributed by atoms with Crippen molar-refractivity contribution in [3.63, 3.8) is 0 Å². The Hall–Kier alpha value is 0.0700. The number of phosphoric acid groups is 1. The molecule has 0 fully saturated rings. The van der Waals surface area contributed by atoms with Gasteiger partial charge in [0.1, 0.15) is 0 Å². The summed E-state index contributed by atoms with van der Waals surface area (Å²) in [5, 5.41) is 8.54. The first-order valence-electron chi connectivity index (χ1n) is 5.24. The van der Waals surface area contributed by atoms with Crippen LogP contribution in [0.25, 0.3) is 0 Å². The van der Waals surface area contributed by atoms with Crippen molar-refractivity contribution in [3.05, 3.63) is 0 Å². The maximum Gasteiger partial charge on any atom is 0.474 e. The maximum absolute atomic E-state index is 11.7. The van der Waals surface area contributed by atoms with Gasteiger partial charge in [-0.3, -0.25) is 13.6 Å². The van der Waals surface area contributed by atoms with E-state index in [1.165, 1.54) is 7.11 Å². The maximum atomic E-state index is 11.7. The van der Waals surface area contributed by atoms with Crippen LogP contribution in [-0.4, -0.2) is 32.0 Å². The molecule has 0 aromatic carbocycles.